The Balaban J connectivity index is 2.27. The highest BCUT2D eigenvalue weighted by molar-refractivity contribution is 6.58. The van der Waals surface area contributed by atoms with E-state index in [1.807, 2.05) is 0 Å². The molecule has 0 radical (unpaired) electrons. The van der Waals surface area contributed by atoms with Crippen LogP contribution in [0.25, 0.3) is 0 Å². The Kier molecular flexibility index (Phi) is 3.89. The number of carbonyl (C=O) groups is 1. The quantitative estimate of drug-likeness (QED) is 0.686. The summed E-state index contributed by atoms with van der Waals surface area (Å²) in [6, 6.07) is 6.95. The van der Waals surface area contributed by atoms with Gasteiger partial charge in [-0.3, -0.25) is 9.78 Å². The van der Waals surface area contributed by atoms with Crippen molar-refractivity contribution in [1.29, 1.82) is 0 Å². The number of hydrogen-bond donors (Lipinski definition) is 3. The van der Waals surface area contributed by atoms with Crippen molar-refractivity contribution in [3.63, 3.8) is 0 Å². The summed E-state index contributed by atoms with van der Waals surface area (Å²) in [5.74, 6) is -1.63. The second kappa shape index (κ2) is 5.60. The summed E-state index contributed by atoms with van der Waals surface area (Å²) in [7, 11) is -1.96. The molecule has 0 saturated heterocycles. The second-order valence-corrected chi connectivity index (χ2v) is 3.77. The minimum Gasteiger partial charge on any atom is -0.423 e. The largest absolute Gasteiger partial charge is 0.491 e. The third-order valence-corrected chi connectivity index (χ3v) is 2.49. The molecule has 3 N–H and O–H groups in total. The van der Waals surface area contributed by atoms with Gasteiger partial charge in [-0.25, -0.2) is 4.39 Å². The topological polar surface area (TPSA) is 82.5 Å². The standard InChI is InChI=1S/C12H10BFN2O3/c14-11-9(2-1-3-10(11)13(18)19)12(17)16-8-4-6-15-7-5-8/h1-7,18-19H,(H,15,16,17). The van der Waals surface area contributed by atoms with Gasteiger partial charge in [0.2, 0.25) is 0 Å². The molecule has 0 saturated carbocycles. The van der Waals surface area contributed by atoms with Crippen LogP contribution in [-0.2, 0) is 0 Å². The van der Waals surface area contributed by atoms with Crippen LogP contribution in [0.2, 0.25) is 0 Å². The van der Waals surface area contributed by atoms with Gasteiger partial charge in [0.25, 0.3) is 5.91 Å². The number of benzene rings is 1. The van der Waals surface area contributed by atoms with E-state index in [-0.39, 0.29) is 11.0 Å². The van der Waals surface area contributed by atoms with Gasteiger partial charge in [-0.15, -0.1) is 0 Å². The zero-order valence-electron chi connectivity index (χ0n) is 9.75. The Morgan fingerprint density at radius 3 is 2.53 bits per heavy atom. The fraction of sp³-hybridized carbons (Fsp3) is 0. The smallest absolute Gasteiger partial charge is 0.423 e. The van der Waals surface area contributed by atoms with E-state index >= 15 is 0 Å². The Morgan fingerprint density at radius 2 is 1.89 bits per heavy atom. The molecule has 0 spiro atoms. The molecular formula is C12H10BFN2O3. The summed E-state index contributed by atoms with van der Waals surface area (Å²) < 4.78 is 13.9. The second-order valence-electron chi connectivity index (χ2n) is 3.77. The van der Waals surface area contributed by atoms with Crippen LogP contribution in [0.5, 0.6) is 0 Å². The first-order valence-corrected chi connectivity index (χ1v) is 5.45. The van der Waals surface area contributed by atoms with Crippen LogP contribution in [-0.4, -0.2) is 28.1 Å². The van der Waals surface area contributed by atoms with E-state index in [0.717, 1.165) is 0 Å². The predicted molar refractivity (Wildman–Crippen MR) is 68.4 cm³/mol. The number of rotatable bonds is 3. The highest BCUT2D eigenvalue weighted by Gasteiger charge is 2.21. The van der Waals surface area contributed by atoms with Gasteiger partial charge in [0.1, 0.15) is 5.82 Å². The zero-order chi connectivity index (χ0) is 13.8. The summed E-state index contributed by atoms with van der Waals surface area (Å²) in [6.07, 6.45) is 2.97. The van der Waals surface area contributed by atoms with Crippen molar-refractivity contribution in [1.82, 2.24) is 4.98 Å². The Labute approximate surface area is 108 Å². The van der Waals surface area contributed by atoms with Gasteiger partial charge in [0, 0.05) is 23.5 Å². The van der Waals surface area contributed by atoms with E-state index in [2.05, 4.69) is 10.3 Å². The van der Waals surface area contributed by atoms with Crippen molar-refractivity contribution in [3.05, 3.63) is 54.1 Å². The maximum Gasteiger partial charge on any atom is 0.491 e. The predicted octanol–water partition coefficient (Wildman–Crippen LogP) is 0.153. The molecule has 7 heteroatoms. The van der Waals surface area contributed by atoms with Crippen LogP contribution in [0.15, 0.2) is 42.7 Å². The summed E-state index contributed by atoms with van der Waals surface area (Å²) in [4.78, 5) is 15.7. The number of pyridine rings is 1. The molecule has 1 aromatic heterocycles. The van der Waals surface area contributed by atoms with E-state index in [4.69, 9.17) is 10.0 Å². The lowest BCUT2D eigenvalue weighted by Gasteiger charge is -2.08. The number of nitrogens with zero attached hydrogens (tertiary/aromatic N) is 1. The average Bonchev–Trinajstić information content (AvgIpc) is 2.39. The van der Waals surface area contributed by atoms with E-state index in [9.17, 15) is 9.18 Å². The number of hydrogen-bond acceptors (Lipinski definition) is 4. The SMILES string of the molecule is O=C(Nc1ccncc1)c1cccc(B(O)O)c1F. The van der Waals surface area contributed by atoms with Crippen LogP contribution in [0.3, 0.4) is 0 Å². The first-order valence-electron chi connectivity index (χ1n) is 5.45. The molecule has 0 aliphatic rings. The van der Waals surface area contributed by atoms with Gasteiger partial charge in [-0.2, -0.15) is 0 Å². The Morgan fingerprint density at radius 1 is 1.21 bits per heavy atom. The molecule has 0 aliphatic carbocycles. The lowest BCUT2D eigenvalue weighted by Crippen LogP contribution is -2.34. The number of amides is 1. The molecule has 2 rings (SSSR count). The van der Waals surface area contributed by atoms with Crippen LogP contribution in [0.1, 0.15) is 10.4 Å². The highest BCUT2D eigenvalue weighted by Crippen LogP contribution is 2.10. The third-order valence-electron chi connectivity index (χ3n) is 2.49. The van der Waals surface area contributed by atoms with Gasteiger partial charge in [-0.05, 0) is 18.2 Å². The molecule has 2 aromatic rings. The number of carbonyl (C=O) groups excluding carboxylic acids is 1. The van der Waals surface area contributed by atoms with Crippen molar-refractivity contribution in [2.75, 3.05) is 5.32 Å². The van der Waals surface area contributed by atoms with Crippen molar-refractivity contribution in [2.24, 2.45) is 0 Å². The molecule has 1 amide bonds. The normalized spacial score (nSPS) is 10.1. The Bertz CT molecular complexity index is 593. The third kappa shape index (κ3) is 2.96. The summed E-state index contributed by atoms with van der Waals surface area (Å²) in [5.41, 5.74) is -0.140. The molecule has 0 aliphatic heterocycles. The van der Waals surface area contributed by atoms with Gasteiger partial charge in [0.15, 0.2) is 0 Å². The molecule has 5 nitrogen and oxygen atoms in total. The number of aromatic nitrogens is 1. The van der Waals surface area contributed by atoms with Gasteiger partial charge in [0.05, 0.1) is 5.56 Å². The van der Waals surface area contributed by atoms with E-state index < -0.39 is 18.8 Å². The maximum atomic E-state index is 13.9. The average molecular weight is 260 g/mol. The van der Waals surface area contributed by atoms with Crippen LogP contribution in [0.4, 0.5) is 10.1 Å². The minimum absolute atomic E-state index is 0.262. The molecule has 1 aromatic carbocycles. The summed E-state index contributed by atoms with van der Waals surface area (Å²) in [5, 5.41) is 20.4. The van der Waals surface area contributed by atoms with Gasteiger partial charge in [-0.1, -0.05) is 12.1 Å². The lowest BCUT2D eigenvalue weighted by molar-refractivity contribution is 0.102. The van der Waals surface area contributed by atoms with Gasteiger partial charge >= 0.3 is 7.12 Å². The van der Waals surface area contributed by atoms with E-state index in [1.165, 1.54) is 30.6 Å². The maximum absolute atomic E-state index is 13.9. The minimum atomic E-state index is -1.96. The van der Waals surface area contributed by atoms with Crippen LogP contribution < -0.4 is 10.8 Å². The first kappa shape index (κ1) is 13.2. The van der Waals surface area contributed by atoms with E-state index in [0.29, 0.717) is 5.69 Å². The molecular weight excluding hydrogens is 250 g/mol. The molecule has 19 heavy (non-hydrogen) atoms. The lowest BCUT2D eigenvalue weighted by atomic mass is 9.79. The molecule has 0 fully saturated rings. The van der Waals surface area contributed by atoms with Crippen molar-refractivity contribution < 1.29 is 19.2 Å². The summed E-state index contributed by atoms with van der Waals surface area (Å²) >= 11 is 0. The molecule has 1 heterocycles. The number of anilines is 1. The highest BCUT2D eigenvalue weighted by atomic mass is 19.1. The molecule has 0 atom stereocenters. The molecule has 0 bridgehead atoms. The molecule has 0 unspecified atom stereocenters. The van der Waals surface area contributed by atoms with Crippen molar-refractivity contribution in [2.45, 2.75) is 0 Å². The summed E-state index contributed by atoms with van der Waals surface area (Å²) in [6.45, 7) is 0. The Hall–Kier alpha value is -2.25. The van der Waals surface area contributed by atoms with Crippen LogP contribution in [0, 0.1) is 5.82 Å². The van der Waals surface area contributed by atoms with Crippen LogP contribution >= 0.6 is 0 Å². The van der Waals surface area contributed by atoms with E-state index in [1.54, 1.807) is 12.1 Å². The number of nitrogens with one attached hydrogen (secondary N) is 1. The fourth-order valence-corrected chi connectivity index (χ4v) is 1.56. The van der Waals surface area contributed by atoms with Gasteiger partial charge < -0.3 is 15.4 Å². The molecule has 96 valence electrons. The number of halogens is 1. The zero-order valence-corrected chi connectivity index (χ0v) is 9.75. The first-order chi connectivity index (χ1) is 9.09. The van der Waals surface area contributed by atoms with Crippen molar-refractivity contribution >= 4 is 24.2 Å². The monoisotopic (exact) mass is 260 g/mol. The fourth-order valence-electron chi connectivity index (χ4n) is 1.56. The van der Waals surface area contributed by atoms with Crippen molar-refractivity contribution in [3.8, 4) is 0 Å².